The van der Waals surface area contributed by atoms with Crippen molar-refractivity contribution in [2.75, 3.05) is 11.4 Å². The number of amides is 1. The second-order valence-corrected chi connectivity index (χ2v) is 9.02. The number of anilines is 2. The predicted octanol–water partition coefficient (Wildman–Crippen LogP) is 3.90. The minimum Gasteiger partial charge on any atom is -0.330 e. The van der Waals surface area contributed by atoms with Crippen LogP contribution in [0, 0.1) is 11.3 Å². The quantitative estimate of drug-likeness (QED) is 0.668. The van der Waals surface area contributed by atoms with Crippen LogP contribution in [0.4, 0.5) is 11.5 Å². The van der Waals surface area contributed by atoms with E-state index in [-0.39, 0.29) is 23.2 Å². The van der Waals surface area contributed by atoms with Crippen molar-refractivity contribution >= 4 is 23.3 Å². The number of nitrogens with one attached hydrogen (secondary N) is 1. The third kappa shape index (κ3) is 3.84. The number of pyridine rings is 2. The topological polar surface area (TPSA) is 82.3 Å². The van der Waals surface area contributed by atoms with Gasteiger partial charge in [0.15, 0.2) is 0 Å². The number of carbonyl (C=O) groups is 2. The van der Waals surface area contributed by atoms with Crippen molar-refractivity contribution in [2.45, 2.75) is 39.8 Å². The van der Waals surface area contributed by atoms with Gasteiger partial charge in [-0.05, 0) is 41.7 Å². The lowest BCUT2D eigenvalue weighted by Crippen LogP contribution is -2.32. The average Bonchev–Trinajstić information content (AvgIpc) is 3.26. The van der Waals surface area contributed by atoms with Crippen LogP contribution >= 0.6 is 0 Å². The third-order valence-electron chi connectivity index (χ3n) is 6.38. The van der Waals surface area contributed by atoms with Gasteiger partial charge in [0, 0.05) is 49.7 Å². The van der Waals surface area contributed by atoms with E-state index in [1.807, 2.05) is 43.0 Å². The van der Waals surface area contributed by atoms with Crippen LogP contribution in [0.3, 0.4) is 0 Å². The number of hydrogen-bond donors (Lipinski definition) is 1. The van der Waals surface area contributed by atoms with Crippen LogP contribution < -0.4 is 10.4 Å². The van der Waals surface area contributed by atoms with Gasteiger partial charge in [0.05, 0.1) is 5.56 Å². The first kappa shape index (κ1) is 21.1. The lowest BCUT2D eigenvalue weighted by molar-refractivity contribution is 0.0750. The summed E-state index contributed by atoms with van der Waals surface area (Å²) in [4.78, 5) is 34.1. The molecule has 2 aromatic heterocycles. The molecule has 168 valence electrons. The summed E-state index contributed by atoms with van der Waals surface area (Å²) in [6.07, 6.45) is 5.11. The Hall–Kier alpha value is -3.74. The summed E-state index contributed by atoms with van der Waals surface area (Å²) < 4.78 is 1.38. The summed E-state index contributed by atoms with van der Waals surface area (Å²) >= 11 is 0. The number of benzene rings is 1. The molecule has 7 nitrogen and oxygen atoms in total. The maximum Gasteiger partial charge on any atom is 0.256 e. The molecule has 0 fully saturated rings. The zero-order chi connectivity index (χ0) is 23.1. The van der Waals surface area contributed by atoms with E-state index >= 15 is 0 Å². The SMILES string of the molecule is CC(C)C(=O)n1ccc(N2CCCc3cc(C(=O)N4Cc5ccccc5C4)cnc32)cc1=N. The third-order valence-corrected chi connectivity index (χ3v) is 6.38. The number of aryl methyl sites for hydroxylation is 1. The Bertz CT molecular complexity index is 1290. The molecule has 7 heteroatoms. The standard InChI is InChI=1S/C26H27N5O2/c1-17(2)25(32)31-11-9-22(13-23(31)27)30-10-5-8-18-12-21(14-28-24(18)30)26(33)29-15-19-6-3-4-7-20(19)16-29/h3-4,6-7,9,11-14,17,27H,5,8,10,15-16H2,1-2H3. The van der Waals surface area contributed by atoms with E-state index in [0.29, 0.717) is 18.7 Å². The molecule has 3 aromatic rings. The van der Waals surface area contributed by atoms with Crippen molar-refractivity contribution in [3.8, 4) is 0 Å². The summed E-state index contributed by atoms with van der Waals surface area (Å²) in [5.74, 6) is 0.535. The van der Waals surface area contributed by atoms with Gasteiger partial charge in [-0.25, -0.2) is 4.98 Å². The number of hydrogen-bond acceptors (Lipinski definition) is 5. The van der Waals surface area contributed by atoms with Crippen molar-refractivity contribution in [1.82, 2.24) is 14.5 Å². The Kier molecular flexibility index (Phi) is 5.32. The number of carbonyl (C=O) groups excluding carboxylic acids is 2. The fourth-order valence-corrected chi connectivity index (χ4v) is 4.62. The van der Waals surface area contributed by atoms with Gasteiger partial charge in [-0.3, -0.25) is 19.6 Å². The largest absolute Gasteiger partial charge is 0.330 e. The zero-order valence-corrected chi connectivity index (χ0v) is 18.9. The lowest BCUT2D eigenvalue weighted by atomic mass is 10.0. The highest BCUT2D eigenvalue weighted by molar-refractivity contribution is 5.95. The van der Waals surface area contributed by atoms with Crippen LogP contribution in [0.1, 0.15) is 52.1 Å². The maximum atomic E-state index is 13.2. The molecule has 0 unspecified atom stereocenters. The van der Waals surface area contributed by atoms with E-state index < -0.39 is 0 Å². The van der Waals surface area contributed by atoms with Gasteiger partial charge < -0.3 is 9.80 Å². The van der Waals surface area contributed by atoms with Gasteiger partial charge in [-0.1, -0.05) is 38.1 Å². The van der Waals surface area contributed by atoms with E-state index in [4.69, 9.17) is 5.41 Å². The predicted molar refractivity (Wildman–Crippen MR) is 125 cm³/mol. The summed E-state index contributed by atoms with van der Waals surface area (Å²) in [7, 11) is 0. The average molecular weight is 442 g/mol. The van der Waals surface area contributed by atoms with Crippen molar-refractivity contribution in [3.63, 3.8) is 0 Å². The summed E-state index contributed by atoms with van der Waals surface area (Å²) in [5.41, 5.74) is 5.02. The molecule has 0 aliphatic carbocycles. The zero-order valence-electron chi connectivity index (χ0n) is 18.9. The molecule has 0 spiro atoms. The van der Waals surface area contributed by atoms with Crippen LogP contribution in [0.5, 0.6) is 0 Å². The van der Waals surface area contributed by atoms with Gasteiger partial charge in [0.2, 0.25) is 5.91 Å². The summed E-state index contributed by atoms with van der Waals surface area (Å²) in [6.45, 7) is 5.68. The van der Waals surface area contributed by atoms with E-state index in [9.17, 15) is 9.59 Å². The van der Waals surface area contributed by atoms with E-state index in [0.717, 1.165) is 36.5 Å². The fourth-order valence-electron chi connectivity index (χ4n) is 4.62. The van der Waals surface area contributed by atoms with E-state index in [1.54, 1.807) is 18.5 Å². The number of fused-ring (bicyclic) bond motifs is 2. The molecule has 1 amide bonds. The second-order valence-electron chi connectivity index (χ2n) is 9.02. The highest BCUT2D eigenvalue weighted by Crippen LogP contribution is 2.32. The molecule has 0 saturated carbocycles. The first-order chi connectivity index (χ1) is 15.9. The van der Waals surface area contributed by atoms with Crippen molar-refractivity contribution in [1.29, 1.82) is 5.41 Å². The minimum absolute atomic E-state index is 0.0000173. The Balaban J connectivity index is 1.40. The van der Waals surface area contributed by atoms with Crippen LogP contribution in [-0.4, -0.2) is 32.8 Å². The molecule has 0 atom stereocenters. The molecule has 1 N–H and O–H groups in total. The summed E-state index contributed by atoms with van der Waals surface area (Å²) in [6, 6.07) is 13.7. The van der Waals surface area contributed by atoms with Crippen LogP contribution in [0.2, 0.25) is 0 Å². The van der Waals surface area contributed by atoms with Crippen molar-refractivity contribution in [3.05, 3.63) is 82.6 Å². The van der Waals surface area contributed by atoms with Crippen LogP contribution in [-0.2, 0) is 19.5 Å². The summed E-state index contributed by atoms with van der Waals surface area (Å²) in [5, 5.41) is 8.32. The second kappa shape index (κ2) is 8.31. The van der Waals surface area contributed by atoms with Crippen LogP contribution in [0.25, 0.3) is 0 Å². The Labute approximate surface area is 192 Å². The highest BCUT2D eigenvalue weighted by Gasteiger charge is 2.27. The van der Waals surface area contributed by atoms with Gasteiger partial charge in [0.1, 0.15) is 11.3 Å². The monoisotopic (exact) mass is 441 g/mol. The molecule has 4 heterocycles. The maximum absolute atomic E-state index is 13.2. The molecular formula is C26H27N5O2. The van der Waals surface area contributed by atoms with Gasteiger partial charge in [-0.2, -0.15) is 0 Å². The van der Waals surface area contributed by atoms with Crippen molar-refractivity contribution < 1.29 is 9.59 Å². The molecule has 33 heavy (non-hydrogen) atoms. The minimum atomic E-state index is -0.179. The Morgan fingerprint density at radius 1 is 1.03 bits per heavy atom. The molecule has 0 saturated heterocycles. The van der Waals surface area contributed by atoms with Crippen LogP contribution in [0.15, 0.2) is 54.9 Å². The highest BCUT2D eigenvalue weighted by atomic mass is 16.2. The van der Waals surface area contributed by atoms with Gasteiger partial charge in [-0.15, -0.1) is 0 Å². The molecule has 2 aliphatic heterocycles. The molecule has 0 bridgehead atoms. The number of aromatic nitrogens is 2. The van der Waals surface area contributed by atoms with E-state index in [1.165, 1.54) is 15.7 Å². The van der Waals surface area contributed by atoms with E-state index in [2.05, 4.69) is 22.0 Å². The molecular weight excluding hydrogens is 414 g/mol. The van der Waals surface area contributed by atoms with Gasteiger partial charge >= 0.3 is 0 Å². The molecule has 0 radical (unpaired) electrons. The smallest absolute Gasteiger partial charge is 0.256 e. The Morgan fingerprint density at radius 2 is 1.76 bits per heavy atom. The van der Waals surface area contributed by atoms with Gasteiger partial charge in [0.25, 0.3) is 5.91 Å². The first-order valence-electron chi connectivity index (χ1n) is 11.4. The lowest BCUT2D eigenvalue weighted by Gasteiger charge is -2.30. The number of nitrogens with zero attached hydrogens (tertiary/aromatic N) is 4. The van der Waals surface area contributed by atoms with Crippen molar-refractivity contribution in [2.24, 2.45) is 5.92 Å². The first-order valence-corrected chi connectivity index (χ1v) is 11.4. The molecule has 5 rings (SSSR count). The fraction of sp³-hybridized carbons (Fsp3) is 0.308. The number of rotatable bonds is 3. The molecule has 1 aromatic carbocycles. The Morgan fingerprint density at radius 3 is 2.42 bits per heavy atom. The molecule has 2 aliphatic rings. The normalized spacial score (nSPS) is 14.9.